The molecule has 0 aromatic heterocycles. The second-order valence-corrected chi connectivity index (χ2v) is 7.70. The van der Waals surface area contributed by atoms with E-state index in [1.165, 1.54) is 4.90 Å². The van der Waals surface area contributed by atoms with Gasteiger partial charge in [-0.2, -0.15) is 18.4 Å². The number of amides is 2. The van der Waals surface area contributed by atoms with Crippen molar-refractivity contribution in [3.05, 3.63) is 0 Å². The molecule has 9 heteroatoms. The second kappa shape index (κ2) is 6.07. The van der Waals surface area contributed by atoms with E-state index in [2.05, 4.69) is 5.32 Å². The number of piperidine rings is 1. The number of nitrogens with one attached hydrogen (secondary N) is 1. The Balaban J connectivity index is 1.99. The third-order valence-corrected chi connectivity index (χ3v) is 4.56. The second-order valence-electron chi connectivity index (χ2n) is 7.70. The highest BCUT2D eigenvalue weighted by Gasteiger charge is 2.69. The first-order valence-corrected chi connectivity index (χ1v) is 8.13. The molecule has 140 valence electrons. The maximum absolute atomic E-state index is 13.0. The highest BCUT2D eigenvalue weighted by atomic mass is 19.4. The Morgan fingerprint density at radius 1 is 1.12 bits per heavy atom. The fourth-order valence-electron chi connectivity index (χ4n) is 2.76. The van der Waals surface area contributed by atoms with Crippen molar-refractivity contribution < 1.29 is 27.5 Å². The van der Waals surface area contributed by atoms with Crippen molar-refractivity contribution in [2.24, 2.45) is 5.41 Å². The average molecular weight is 361 g/mol. The predicted molar refractivity (Wildman–Crippen MR) is 81.2 cm³/mol. The number of alkyl halides is 3. The van der Waals surface area contributed by atoms with Crippen LogP contribution in [0.15, 0.2) is 0 Å². The van der Waals surface area contributed by atoms with Gasteiger partial charge in [-0.25, -0.2) is 4.79 Å². The van der Waals surface area contributed by atoms with Gasteiger partial charge >= 0.3 is 12.3 Å². The number of halogens is 3. The highest BCUT2D eigenvalue weighted by molar-refractivity contribution is 5.87. The minimum atomic E-state index is -4.62. The molecule has 0 spiro atoms. The zero-order valence-electron chi connectivity index (χ0n) is 14.5. The number of ether oxygens (including phenoxy) is 1. The largest absolute Gasteiger partial charge is 0.444 e. The van der Waals surface area contributed by atoms with Crippen LogP contribution in [0.25, 0.3) is 0 Å². The van der Waals surface area contributed by atoms with E-state index >= 15 is 0 Å². The summed E-state index contributed by atoms with van der Waals surface area (Å²) in [4.78, 5) is 25.5. The molecule has 2 aliphatic rings. The van der Waals surface area contributed by atoms with Crippen molar-refractivity contribution in [2.75, 3.05) is 13.1 Å². The highest BCUT2D eigenvalue weighted by Crippen LogP contribution is 2.58. The maximum atomic E-state index is 13.0. The molecule has 0 atom stereocenters. The summed E-state index contributed by atoms with van der Waals surface area (Å²) in [6.45, 7) is 5.42. The smallest absolute Gasteiger partial charge is 0.410 e. The van der Waals surface area contributed by atoms with Crippen molar-refractivity contribution in [3.63, 3.8) is 0 Å². The molecule has 1 heterocycles. The maximum Gasteiger partial charge on any atom is 0.410 e. The summed E-state index contributed by atoms with van der Waals surface area (Å²) in [5, 5.41) is 11.7. The summed E-state index contributed by atoms with van der Waals surface area (Å²) in [7, 11) is 0. The molecule has 1 saturated heterocycles. The van der Waals surface area contributed by atoms with Gasteiger partial charge in [0.25, 0.3) is 0 Å². The number of nitrogens with zero attached hydrogens (tertiary/aromatic N) is 2. The lowest BCUT2D eigenvalue weighted by molar-refractivity contribution is -0.193. The van der Waals surface area contributed by atoms with Crippen molar-refractivity contribution in [1.29, 1.82) is 5.26 Å². The Labute approximate surface area is 144 Å². The van der Waals surface area contributed by atoms with Gasteiger partial charge in [-0.1, -0.05) is 0 Å². The van der Waals surface area contributed by atoms with E-state index in [-0.39, 0.29) is 38.8 Å². The van der Waals surface area contributed by atoms with Gasteiger partial charge in [0.15, 0.2) is 0 Å². The summed E-state index contributed by atoms with van der Waals surface area (Å²) in [5.74, 6) is -1.15. The average Bonchev–Trinajstić information content (AvgIpc) is 3.27. The van der Waals surface area contributed by atoms with Gasteiger partial charge in [0, 0.05) is 25.9 Å². The van der Waals surface area contributed by atoms with E-state index in [4.69, 9.17) is 4.74 Å². The lowest BCUT2D eigenvalue weighted by Crippen LogP contribution is -2.58. The predicted octanol–water partition coefficient (Wildman–Crippen LogP) is 2.74. The van der Waals surface area contributed by atoms with Crippen LogP contribution in [0, 0.1) is 16.7 Å². The molecule has 2 amide bonds. The number of likely N-dealkylation sites (tertiary alicyclic amines) is 1. The molecule has 0 radical (unpaired) electrons. The van der Waals surface area contributed by atoms with Crippen molar-refractivity contribution >= 4 is 12.0 Å². The lowest BCUT2D eigenvalue weighted by Gasteiger charge is -2.38. The van der Waals surface area contributed by atoms with Crippen LogP contribution in [-0.2, 0) is 9.53 Å². The zero-order valence-corrected chi connectivity index (χ0v) is 14.5. The molecule has 0 aromatic carbocycles. The van der Waals surface area contributed by atoms with Gasteiger partial charge in [-0.3, -0.25) is 4.79 Å². The van der Waals surface area contributed by atoms with Gasteiger partial charge in [-0.05, 0) is 33.6 Å². The SMILES string of the molecule is CC(C)(C)OC(=O)N1CCC(C#N)(NC(=O)C2(C(F)(F)F)CC2)CC1. The van der Waals surface area contributed by atoms with Crippen LogP contribution < -0.4 is 5.32 Å². The summed E-state index contributed by atoms with van der Waals surface area (Å²) < 4.78 is 44.4. The Kier molecular flexibility index (Phi) is 4.70. The number of carbonyl (C=O) groups is 2. The zero-order chi connectivity index (χ0) is 19.1. The quantitative estimate of drug-likeness (QED) is 0.820. The van der Waals surface area contributed by atoms with Gasteiger partial charge in [0.1, 0.15) is 16.6 Å². The molecule has 2 fully saturated rings. The van der Waals surface area contributed by atoms with Crippen LogP contribution in [0.2, 0.25) is 0 Å². The molecule has 2 rings (SSSR count). The Morgan fingerprint density at radius 2 is 1.64 bits per heavy atom. The van der Waals surface area contributed by atoms with Crippen LogP contribution in [0.4, 0.5) is 18.0 Å². The van der Waals surface area contributed by atoms with Crippen LogP contribution in [0.5, 0.6) is 0 Å². The summed E-state index contributed by atoms with van der Waals surface area (Å²) in [5.41, 5.74) is -4.42. The minimum absolute atomic E-state index is 0.0580. The van der Waals surface area contributed by atoms with E-state index < -0.39 is 34.7 Å². The minimum Gasteiger partial charge on any atom is -0.444 e. The fourth-order valence-corrected chi connectivity index (χ4v) is 2.76. The van der Waals surface area contributed by atoms with Gasteiger partial charge in [0.05, 0.1) is 6.07 Å². The number of nitriles is 1. The topological polar surface area (TPSA) is 82.4 Å². The van der Waals surface area contributed by atoms with E-state index in [0.717, 1.165) is 0 Å². The van der Waals surface area contributed by atoms with Crippen LogP contribution >= 0.6 is 0 Å². The fraction of sp³-hybridized carbons (Fsp3) is 0.812. The molecule has 6 nitrogen and oxygen atoms in total. The van der Waals surface area contributed by atoms with Crippen molar-refractivity contribution in [1.82, 2.24) is 10.2 Å². The monoisotopic (exact) mass is 361 g/mol. The molecule has 0 bridgehead atoms. The molecule has 1 saturated carbocycles. The Hall–Kier alpha value is -1.98. The van der Waals surface area contributed by atoms with Crippen LogP contribution in [0.1, 0.15) is 46.5 Å². The van der Waals surface area contributed by atoms with Crippen molar-refractivity contribution in [3.8, 4) is 6.07 Å². The number of carbonyl (C=O) groups excluding carboxylic acids is 2. The summed E-state index contributed by atoms with van der Waals surface area (Å²) in [6, 6.07) is 1.93. The van der Waals surface area contributed by atoms with Crippen LogP contribution in [0.3, 0.4) is 0 Å². The van der Waals surface area contributed by atoms with Gasteiger partial charge < -0.3 is 15.0 Å². The van der Waals surface area contributed by atoms with E-state index in [0.29, 0.717) is 0 Å². The number of hydrogen-bond donors (Lipinski definition) is 1. The third kappa shape index (κ3) is 3.99. The number of rotatable bonds is 2. The molecule has 25 heavy (non-hydrogen) atoms. The van der Waals surface area contributed by atoms with Gasteiger partial charge in [-0.15, -0.1) is 0 Å². The van der Waals surface area contributed by atoms with E-state index in [1.54, 1.807) is 20.8 Å². The third-order valence-electron chi connectivity index (χ3n) is 4.56. The van der Waals surface area contributed by atoms with E-state index in [1.807, 2.05) is 6.07 Å². The molecule has 0 unspecified atom stereocenters. The molecule has 0 aromatic rings. The Bertz CT molecular complexity index is 592. The van der Waals surface area contributed by atoms with Crippen LogP contribution in [-0.4, -0.2) is 47.3 Å². The molecule has 1 aliphatic heterocycles. The van der Waals surface area contributed by atoms with Crippen molar-refractivity contribution in [2.45, 2.75) is 63.8 Å². The number of hydrogen-bond acceptors (Lipinski definition) is 4. The molecule has 1 aliphatic carbocycles. The first kappa shape index (κ1) is 19.3. The Morgan fingerprint density at radius 3 is 2.00 bits per heavy atom. The first-order valence-electron chi connectivity index (χ1n) is 8.13. The summed E-state index contributed by atoms with van der Waals surface area (Å²) in [6.07, 6.45) is -5.56. The van der Waals surface area contributed by atoms with Gasteiger partial charge in [0.2, 0.25) is 5.91 Å². The lowest BCUT2D eigenvalue weighted by atomic mass is 9.88. The normalized spacial score (nSPS) is 21.9. The molecular formula is C16H22F3N3O3. The summed E-state index contributed by atoms with van der Waals surface area (Å²) >= 11 is 0. The molecule has 1 N–H and O–H groups in total. The first-order chi connectivity index (χ1) is 11.3. The molecular weight excluding hydrogens is 339 g/mol. The van der Waals surface area contributed by atoms with E-state index in [9.17, 15) is 28.0 Å². The standard InChI is InChI=1S/C16H22F3N3O3/c1-13(2,3)25-12(24)22-8-6-14(10-20,7-9-22)21-11(23)15(4-5-15)16(17,18)19/h4-9H2,1-3H3,(H,21,23).